The summed E-state index contributed by atoms with van der Waals surface area (Å²) in [5.41, 5.74) is 2.44. The first kappa shape index (κ1) is 11.7. The fraction of sp³-hybridized carbons (Fsp3) is 0.250. The Labute approximate surface area is 103 Å². The van der Waals surface area contributed by atoms with E-state index in [-0.39, 0.29) is 5.12 Å². The first-order valence-electron chi connectivity index (χ1n) is 5.17. The molecule has 0 aliphatic carbocycles. The minimum Gasteiger partial charge on any atom is -0.343 e. The summed E-state index contributed by atoms with van der Waals surface area (Å²) in [6.45, 7) is 1.56. The number of thioether (sulfide) groups is 1. The topological polar surface area (TPSA) is 58.6 Å². The lowest BCUT2D eigenvalue weighted by molar-refractivity contribution is -0.109. The number of imidazole rings is 1. The summed E-state index contributed by atoms with van der Waals surface area (Å²) in [4.78, 5) is 21.9. The van der Waals surface area contributed by atoms with E-state index in [1.54, 1.807) is 19.4 Å². The average Bonchev–Trinajstić information content (AvgIpc) is 2.75. The Morgan fingerprint density at radius 1 is 1.53 bits per heavy atom. The molecule has 0 fully saturated rings. The number of nitrogens with one attached hydrogen (secondary N) is 1. The SMILES string of the molecule is CC(=O)SCCC#Cc1cnc2nc[nH]c2c1. The van der Waals surface area contributed by atoms with Gasteiger partial charge in [0.1, 0.15) is 0 Å². The number of aromatic nitrogens is 3. The highest BCUT2D eigenvalue weighted by molar-refractivity contribution is 8.13. The summed E-state index contributed by atoms with van der Waals surface area (Å²) >= 11 is 1.30. The van der Waals surface area contributed by atoms with Crippen LogP contribution < -0.4 is 0 Å². The summed E-state index contributed by atoms with van der Waals surface area (Å²) in [7, 11) is 0. The van der Waals surface area contributed by atoms with Crippen molar-refractivity contribution in [3.8, 4) is 11.8 Å². The van der Waals surface area contributed by atoms with Gasteiger partial charge in [-0.2, -0.15) is 0 Å². The number of rotatable bonds is 2. The fourth-order valence-corrected chi connectivity index (χ4v) is 1.80. The largest absolute Gasteiger partial charge is 0.343 e. The number of pyridine rings is 1. The maximum Gasteiger partial charge on any atom is 0.185 e. The highest BCUT2D eigenvalue weighted by Gasteiger charge is 1.96. The van der Waals surface area contributed by atoms with E-state index in [4.69, 9.17) is 0 Å². The monoisotopic (exact) mass is 245 g/mol. The molecule has 2 heterocycles. The van der Waals surface area contributed by atoms with Gasteiger partial charge in [0.25, 0.3) is 0 Å². The van der Waals surface area contributed by atoms with Crippen molar-refractivity contribution in [3.05, 3.63) is 24.2 Å². The third kappa shape index (κ3) is 3.33. The number of carbonyl (C=O) groups excluding carboxylic acids is 1. The molecule has 0 unspecified atom stereocenters. The zero-order valence-electron chi connectivity index (χ0n) is 9.36. The van der Waals surface area contributed by atoms with Crippen LogP contribution in [0.25, 0.3) is 11.2 Å². The Kier molecular flexibility index (Phi) is 3.78. The van der Waals surface area contributed by atoms with Crippen LogP contribution in [0.1, 0.15) is 18.9 Å². The predicted molar refractivity (Wildman–Crippen MR) is 68.5 cm³/mol. The van der Waals surface area contributed by atoms with Crippen LogP contribution in [0.5, 0.6) is 0 Å². The second-order valence-corrected chi connectivity index (χ2v) is 4.66. The highest BCUT2D eigenvalue weighted by Crippen LogP contribution is 2.07. The number of nitrogens with zero attached hydrogens (tertiary/aromatic N) is 2. The summed E-state index contributed by atoms with van der Waals surface area (Å²) in [5, 5.41) is 0.132. The number of fused-ring (bicyclic) bond motifs is 1. The van der Waals surface area contributed by atoms with Crippen molar-refractivity contribution in [1.82, 2.24) is 15.0 Å². The van der Waals surface area contributed by atoms with Crippen LogP contribution in [0.3, 0.4) is 0 Å². The number of hydrogen-bond donors (Lipinski definition) is 1. The molecule has 2 aromatic heterocycles. The highest BCUT2D eigenvalue weighted by atomic mass is 32.2. The van der Waals surface area contributed by atoms with Gasteiger partial charge in [-0.25, -0.2) is 9.97 Å². The van der Waals surface area contributed by atoms with Gasteiger partial charge in [0.15, 0.2) is 10.8 Å². The average molecular weight is 245 g/mol. The van der Waals surface area contributed by atoms with Gasteiger partial charge >= 0.3 is 0 Å². The fourth-order valence-electron chi connectivity index (χ4n) is 1.31. The van der Waals surface area contributed by atoms with Crippen molar-refractivity contribution < 1.29 is 4.79 Å². The predicted octanol–water partition coefficient (Wildman–Crippen LogP) is 1.98. The molecule has 0 bridgehead atoms. The molecule has 0 saturated carbocycles. The second kappa shape index (κ2) is 5.51. The summed E-state index contributed by atoms with van der Waals surface area (Å²) < 4.78 is 0. The van der Waals surface area contributed by atoms with Gasteiger partial charge in [0, 0.05) is 30.9 Å². The number of H-pyrrole nitrogens is 1. The Balaban J connectivity index is 1.98. The van der Waals surface area contributed by atoms with E-state index in [0.717, 1.165) is 16.8 Å². The maximum atomic E-state index is 10.7. The molecule has 2 aromatic rings. The Morgan fingerprint density at radius 2 is 2.41 bits per heavy atom. The van der Waals surface area contributed by atoms with Crippen LogP contribution in [0, 0.1) is 11.8 Å². The molecule has 0 atom stereocenters. The van der Waals surface area contributed by atoms with E-state index in [0.29, 0.717) is 12.1 Å². The van der Waals surface area contributed by atoms with E-state index >= 15 is 0 Å². The van der Waals surface area contributed by atoms with Crippen molar-refractivity contribution in [1.29, 1.82) is 0 Å². The second-order valence-electron chi connectivity index (χ2n) is 3.39. The van der Waals surface area contributed by atoms with Gasteiger partial charge in [-0.1, -0.05) is 23.6 Å². The molecule has 86 valence electrons. The molecule has 5 heteroatoms. The van der Waals surface area contributed by atoms with Gasteiger partial charge in [0.05, 0.1) is 11.8 Å². The van der Waals surface area contributed by atoms with Crippen LogP contribution in [0.2, 0.25) is 0 Å². The van der Waals surface area contributed by atoms with Gasteiger partial charge in [-0.05, 0) is 6.07 Å². The molecule has 0 aromatic carbocycles. The Hall–Kier alpha value is -1.80. The van der Waals surface area contributed by atoms with Crippen molar-refractivity contribution in [3.63, 3.8) is 0 Å². The van der Waals surface area contributed by atoms with E-state index < -0.39 is 0 Å². The summed E-state index contributed by atoms with van der Waals surface area (Å²) in [5.74, 6) is 6.77. The molecule has 17 heavy (non-hydrogen) atoms. The van der Waals surface area contributed by atoms with Crippen molar-refractivity contribution in [2.75, 3.05) is 5.75 Å². The first-order valence-corrected chi connectivity index (χ1v) is 6.15. The van der Waals surface area contributed by atoms with Crippen LogP contribution >= 0.6 is 11.8 Å². The smallest absolute Gasteiger partial charge is 0.185 e. The molecule has 0 spiro atoms. The molecule has 0 aliphatic rings. The molecule has 0 radical (unpaired) electrons. The van der Waals surface area contributed by atoms with Crippen LogP contribution in [0.15, 0.2) is 18.6 Å². The Bertz CT molecular complexity index is 594. The maximum absolute atomic E-state index is 10.7. The Morgan fingerprint density at radius 3 is 3.24 bits per heavy atom. The molecule has 4 nitrogen and oxygen atoms in total. The lowest BCUT2D eigenvalue weighted by atomic mass is 10.2. The van der Waals surface area contributed by atoms with E-state index in [1.807, 2.05) is 6.07 Å². The van der Waals surface area contributed by atoms with E-state index in [9.17, 15) is 4.79 Å². The lowest BCUT2D eigenvalue weighted by Crippen LogP contribution is -1.84. The van der Waals surface area contributed by atoms with Crippen LogP contribution in [-0.4, -0.2) is 25.8 Å². The normalized spacial score (nSPS) is 9.94. The number of aromatic amines is 1. The minimum atomic E-state index is 0.132. The number of carbonyl (C=O) groups is 1. The standard InChI is InChI=1S/C12H11N3OS/c1-9(16)17-5-3-2-4-10-6-11-12(13-7-10)15-8-14-11/h6-8H,3,5H2,1H3,(H,13,14,15). The first-order chi connectivity index (χ1) is 8.25. The quantitative estimate of drug-likeness (QED) is 0.649. The zero-order chi connectivity index (χ0) is 12.1. The lowest BCUT2D eigenvalue weighted by Gasteiger charge is -1.91. The third-order valence-corrected chi connectivity index (χ3v) is 2.85. The third-order valence-electron chi connectivity index (χ3n) is 2.04. The van der Waals surface area contributed by atoms with Gasteiger partial charge < -0.3 is 4.98 Å². The van der Waals surface area contributed by atoms with Crippen molar-refractivity contribution in [2.45, 2.75) is 13.3 Å². The zero-order valence-corrected chi connectivity index (χ0v) is 10.2. The molecule has 1 N–H and O–H groups in total. The van der Waals surface area contributed by atoms with Crippen molar-refractivity contribution in [2.24, 2.45) is 0 Å². The van der Waals surface area contributed by atoms with Crippen molar-refractivity contribution >= 4 is 28.0 Å². The molecule has 0 aliphatic heterocycles. The summed E-state index contributed by atoms with van der Waals surface area (Å²) in [6, 6.07) is 1.92. The molecular weight excluding hydrogens is 234 g/mol. The van der Waals surface area contributed by atoms with Gasteiger partial charge in [-0.3, -0.25) is 4.79 Å². The molecular formula is C12H11N3OS. The van der Waals surface area contributed by atoms with Gasteiger partial charge in [0.2, 0.25) is 0 Å². The number of hydrogen-bond acceptors (Lipinski definition) is 4. The van der Waals surface area contributed by atoms with Gasteiger partial charge in [-0.15, -0.1) is 0 Å². The molecule has 2 rings (SSSR count). The van der Waals surface area contributed by atoms with Crippen LogP contribution in [-0.2, 0) is 4.79 Å². The van der Waals surface area contributed by atoms with Crippen LogP contribution in [0.4, 0.5) is 0 Å². The van der Waals surface area contributed by atoms with E-state index in [2.05, 4.69) is 26.8 Å². The molecule has 0 saturated heterocycles. The van der Waals surface area contributed by atoms with E-state index in [1.165, 1.54) is 11.8 Å². The minimum absolute atomic E-state index is 0.132. The molecule has 0 amide bonds. The summed E-state index contributed by atoms with van der Waals surface area (Å²) in [6.07, 6.45) is 4.01.